The molecule has 7 heteroatoms. The van der Waals surface area contributed by atoms with Gasteiger partial charge in [0.1, 0.15) is 0 Å². The first-order valence-electron chi connectivity index (χ1n) is 7.54. The Bertz CT molecular complexity index is 777. The number of para-hydroxylation sites is 1. The van der Waals surface area contributed by atoms with Gasteiger partial charge < -0.3 is 5.32 Å². The maximum absolute atomic E-state index is 12.7. The first-order chi connectivity index (χ1) is 11.4. The van der Waals surface area contributed by atoms with E-state index >= 15 is 0 Å². The minimum Gasteiger partial charge on any atom is -0.325 e. The average Bonchev–Trinajstić information content (AvgIpc) is 2.55. The summed E-state index contributed by atoms with van der Waals surface area (Å²) in [4.78, 5) is 12.3. The van der Waals surface area contributed by atoms with Crippen molar-refractivity contribution in [1.82, 2.24) is 4.31 Å². The van der Waals surface area contributed by atoms with Crippen LogP contribution in [-0.2, 0) is 14.8 Å². The number of hydrogen-bond acceptors (Lipinski definition) is 3. The van der Waals surface area contributed by atoms with Crippen molar-refractivity contribution < 1.29 is 13.2 Å². The summed E-state index contributed by atoms with van der Waals surface area (Å²) < 4.78 is 26.6. The summed E-state index contributed by atoms with van der Waals surface area (Å²) in [5.41, 5.74) is 0.628. The molecule has 0 fully saturated rings. The van der Waals surface area contributed by atoms with Gasteiger partial charge >= 0.3 is 0 Å². The SMILES string of the molecule is CCCN(CC(=O)Nc1ccccc1)S(=O)(=O)c1ccc(Cl)cc1. The van der Waals surface area contributed by atoms with Gasteiger partial charge in [-0.15, -0.1) is 0 Å². The summed E-state index contributed by atoms with van der Waals surface area (Å²) in [5, 5.41) is 3.15. The maximum atomic E-state index is 12.7. The Morgan fingerprint density at radius 3 is 2.29 bits per heavy atom. The number of carbonyl (C=O) groups is 1. The predicted molar refractivity (Wildman–Crippen MR) is 95.6 cm³/mol. The molecular weight excluding hydrogens is 348 g/mol. The normalized spacial score (nSPS) is 11.5. The van der Waals surface area contributed by atoms with Gasteiger partial charge in [0.15, 0.2) is 0 Å². The van der Waals surface area contributed by atoms with Gasteiger partial charge in [0, 0.05) is 17.3 Å². The molecule has 0 spiro atoms. The third-order valence-electron chi connectivity index (χ3n) is 3.30. The fraction of sp³-hybridized carbons (Fsp3) is 0.235. The topological polar surface area (TPSA) is 66.5 Å². The third-order valence-corrected chi connectivity index (χ3v) is 5.41. The van der Waals surface area contributed by atoms with E-state index < -0.39 is 10.0 Å². The first-order valence-corrected chi connectivity index (χ1v) is 9.36. The van der Waals surface area contributed by atoms with E-state index in [9.17, 15) is 13.2 Å². The van der Waals surface area contributed by atoms with Crippen LogP contribution in [0.2, 0.25) is 5.02 Å². The highest BCUT2D eigenvalue weighted by atomic mass is 35.5. The van der Waals surface area contributed by atoms with Crippen molar-refractivity contribution in [2.24, 2.45) is 0 Å². The van der Waals surface area contributed by atoms with E-state index in [4.69, 9.17) is 11.6 Å². The number of amides is 1. The number of halogens is 1. The van der Waals surface area contributed by atoms with Crippen molar-refractivity contribution in [3.05, 3.63) is 59.6 Å². The van der Waals surface area contributed by atoms with Gasteiger partial charge in [-0.2, -0.15) is 4.31 Å². The molecule has 0 saturated heterocycles. The van der Waals surface area contributed by atoms with E-state index in [0.29, 0.717) is 17.1 Å². The van der Waals surface area contributed by atoms with Gasteiger partial charge in [-0.3, -0.25) is 4.79 Å². The van der Waals surface area contributed by atoms with Crippen LogP contribution in [0.1, 0.15) is 13.3 Å². The lowest BCUT2D eigenvalue weighted by molar-refractivity contribution is -0.116. The van der Waals surface area contributed by atoms with Crippen molar-refractivity contribution in [3.8, 4) is 0 Å². The highest BCUT2D eigenvalue weighted by molar-refractivity contribution is 7.89. The second kappa shape index (κ2) is 8.28. The zero-order chi connectivity index (χ0) is 17.6. The van der Waals surface area contributed by atoms with Crippen molar-refractivity contribution in [3.63, 3.8) is 0 Å². The van der Waals surface area contributed by atoms with E-state index in [2.05, 4.69) is 5.32 Å². The largest absolute Gasteiger partial charge is 0.325 e. The Balaban J connectivity index is 2.16. The summed E-state index contributed by atoms with van der Waals surface area (Å²) in [6.45, 7) is 1.88. The molecule has 1 amide bonds. The molecule has 2 aromatic rings. The molecule has 0 unspecified atom stereocenters. The van der Waals surface area contributed by atoms with E-state index in [0.717, 1.165) is 0 Å². The van der Waals surface area contributed by atoms with Gasteiger partial charge in [0.05, 0.1) is 11.4 Å². The molecule has 0 aromatic heterocycles. The number of sulfonamides is 1. The molecule has 0 aliphatic rings. The fourth-order valence-electron chi connectivity index (χ4n) is 2.17. The van der Waals surface area contributed by atoms with Crippen LogP contribution in [-0.4, -0.2) is 31.7 Å². The minimum atomic E-state index is -3.75. The molecule has 0 heterocycles. The quantitative estimate of drug-likeness (QED) is 0.816. The standard InChI is InChI=1S/C17H19ClN2O3S/c1-2-12-20(13-17(21)19-15-6-4-3-5-7-15)24(22,23)16-10-8-14(18)9-11-16/h3-11H,2,12-13H2,1H3,(H,19,21). The van der Waals surface area contributed by atoms with E-state index in [1.165, 1.54) is 28.6 Å². The lowest BCUT2D eigenvalue weighted by Gasteiger charge is -2.21. The fourth-order valence-corrected chi connectivity index (χ4v) is 3.79. The molecule has 2 rings (SSSR count). The molecule has 1 N–H and O–H groups in total. The summed E-state index contributed by atoms with van der Waals surface area (Å²) in [7, 11) is -3.75. The summed E-state index contributed by atoms with van der Waals surface area (Å²) >= 11 is 5.80. The Morgan fingerprint density at radius 1 is 1.08 bits per heavy atom. The van der Waals surface area contributed by atoms with Gasteiger partial charge in [0.25, 0.3) is 0 Å². The van der Waals surface area contributed by atoms with Crippen LogP contribution in [0.4, 0.5) is 5.69 Å². The lowest BCUT2D eigenvalue weighted by atomic mass is 10.3. The monoisotopic (exact) mass is 366 g/mol. The zero-order valence-corrected chi connectivity index (χ0v) is 14.8. The molecule has 5 nitrogen and oxygen atoms in total. The summed E-state index contributed by atoms with van der Waals surface area (Å²) in [5.74, 6) is -0.382. The number of benzene rings is 2. The highest BCUT2D eigenvalue weighted by Gasteiger charge is 2.25. The van der Waals surface area contributed by atoms with Crippen molar-refractivity contribution in [1.29, 1.82) is 0 Å². The Labute approximate surface area is 147 Å². The highest BCUT2D eigenvalue weighted by Crippen LogP contribution is 2.19. The maximum Gasteiger partial charge on any atom is 0.243 e. The molecule has 0 aliphatic heterocycles. The molecule has 0 bridgehead atoms. The number of anilines is 1. The Hall–Kier alpha value is -1.89. The second-order valence-corrected chi connectivity index (χ2v) is 7.58. The van der Waals surface area contributed by atoms with Crippen LogP contribution >= 0.6 is 11.6 Å². The van der Waals surface area contributed by atoms with Crippen LogP contribution in [0, 0.1) is 0 Å². The summed E-state index contributed by atoms with van der Waals surface area (Å²) in [6, 6.07) is 14.8. The first kappa shape index (κ1) is 18.4. The van der Waals surface area contributed by atoms with Gasteiger partial charge in [-0.1, -0.05) is 36.7 Å². The molecule has 0 saturated carbocycles. The van der Waals surface area contributed by atoms with Gasteiger partial charge in [0.2, 0.25) is 15.9 Å². The number of nitrogens with zero attached hydrogens (tertiary/aromatic N) is 1. The average molecular weight is 367 g/mol. The molecule has 0 atom stereocenters. The predicted octanol–water partition coefficient (Wildman–Crippen LogP) is 3.38. The molecular formula is C17H19ClN2O3S. The minimum absolute atomic E-state index is 0.118. The van der Waals surface area contributed by atoms with Crippen LogP contribution in [0.25, 0.3) is 0 Å². The van der Waals surface area contributed by atoms with Crippen molar-refractivity contribution >= 4 is 33.2 Å². The number of hydrogen-bond donors (Lipinski definition) is 1. The smallest absolute Gasteiger partial charge is 0.243 e. The van der Waals surface area contributed by atoms with Crippen molar-refractivity contribution in [2.75, 3.05) is 18.4 Å². The lowest BCUT2D eigenvalue weighted by Crippen LogP contribution is -2.38. The third kappa shape index (κ3) is 4.80. The van der Waals surface area contributed by atoms with E-state index in [1.807, 2.05) is 13.0 Å². The molecule has 128 valence electrons. The van der Waals surface area contributed by atoms with Crippen LogP contribution in [0.15, 0.2) is 59.5 Å². The van der Waals surface area contributed by atoms with Crippen molar-refractivity contribution in [2.45, 2.75) is 18.2 Å². The Morgan fingerprint density at radius 2 is 1.71 bits per heavy atom. The van der Waals surface area contributed by atoms with Crippen LogP contribution in [0.3, 0.4) is 0 Å². The van der Waals surface area contributed by atoms with Crippen LogP contribution < -0.4 is 5.32 Å². The van der Waals surface area contributed by atoms with Crippen LogP contribution in [0.5, 0.6) is 0 Å². The van der Waals surface area contributed by atoms with E-state index in [1.54, 1.807) is 24.3 Å². The summed E-state index contributed by atoms with van der Waals surface area (Å²) in [6.07, 6.45) is 0.603. The molecule has 24 heavy (non-hydrogen) atoms. The van der Waals surface area contributed by atoms with Gasteiger partial charge in [-0.05, 0) is 42.8 Å². The van der Waals surface area contributed by atoms with Gasteiger partial charge in [-0.25, -0.2) is 8.42 Å². The number of carbonyl (C=O) groups excluding carboxylic acids is 1. The zero-order valence-electron chi connectivity index (χ0n) is 13.3. The molecule has 0 aliphatic carbocycles. The Kier molecular flexibility index (Phi) is 6.36. The number of rotatable bonds is 7. The van der Waals surface area contributed by atoms with E-state index in [-0.39, 0.29) is 23.9 Å². The molecule has 2 aromatic carbocycles. The number of nitrogens with one attached hydrogen (secondary N) is 1. The molecule has 0 radical (unpaired) electrons. The second-order valence-electron chi connectivity index (χ2n) is 5.21.